The summed E-state index contributed by atoms with van der Waals surface area (Å²) < 4.78 is 1.72. The molecule has 0 saturated carbocycles. The lowest BCUT2D eigenvalue weighted by Gasteiger charge is -2.35. The van der Waals surface area contributed by atoms with E-state index >= 15 is 0 Å². The molecule has 2 atom stereocenters. The van der Waals surface area contributed by atoms with Crippen LogP contribution in [0.2, 0.25) is 0 Å². The van der Waals surface area contributed by atoms with Gasteiger partial charge in [-0.15, -0.1) is 0 Å². The number of rotatable bonds is 1. The van der Waals surface area contributed by atoms with E-state index in [-0.39, 0.29) is 17.8 Å². The zero-order chi connectivity index (χ0) is 14.7. The molecule has 112 valence electrons. The molecule has 0 spiro atoms. The molecule has 1 aromatic heterocycles. The second-order valence-corrected chi connectivity index (χ2v) is 5.94. The maximum Gasteiger partial charge on any atom is 0.275 e. The summed E-state index contributed by atoms with van der Waals surface area (Å²) in [7, 11) is 1.63. The van der Waals surface area contributed by atoms with Gasteiger partial charge in [-0.1, -0.05) is 0 Å². The van der Waals surface area contributed by atoms with Crippen LogP contribution in [0.3, 0.4) is 0 Å². The minimum absolute atomic E-state index is 0.0455. The predicted octanol–water partition coefficient (Wildman–Crippen LogP) is -0.145. The van der Waals surface area contributed by atoms with Crippen LogP contribution in [-0.4, -0.2) is 57.7 Å². The third-order valence-corrected chi connectivity index (χ3v) is 4.92. The molecule has 1 aromatic rings. The highest BCUT2D eigenvalue weighted by Crippen LogP contribution is 2.35. The summed E-state index contributed by atoms with van der Waals surface area (Å²) in [6, 6.07) is 0.423. The van der Waals surface area contributed by atoms with Crippen LogP contribution < -0.4 is 10.7 Å². The van der Waals surface area contributed by atoms with Crippen molar-refractivity contribution in [3.05, 3.63) is 22.1 Å². The molecule has 3 aliphatic heterocycles. The number of hydrogen-bond donors (Lipinski definition) is 2. The topological polar surface area (TPSA) is 77.8 Å². The van der Waals surface area contributed by atoms with Crippen molar-refractivity contribution in [1.29, 1.82) is 0 Å². The van der Waals surface area contributed by atoms with Crippen LogP contribution in [0.15, 0.2) is 11.0 Å². The highest BCUT2D eigenvalue weighted by atomic mass is 16.3. The Bertz CT molecular complexity index is 684. The summed E-state index contributed by atoms with van der Waals surface area (Å²) in [6.07, 6.45) is 3.97. The van der Waals surface area contributed by atoms with Gasteiger partial charge in [0.05, 0.1) is 6.54 Å². The van der Waals surface area contributed by atoms with Gasteiger partial charge in [-0.25, -0.2) is 0 Å². The molecule has 0 unspecified atom stereocenters. The SMILES string of the molecule is CNc1cn2c(c(O)c1=O)C(=O)N1C[C@H]3CCCN3[C@@H]1C2. The van der Waals surface area contributed by atoms with Crippen molar-refractivity contribution in [1.82, 2.24) is 14.4 Å². The van der Waals surface area contributed by atoms with Crippen LogP contribution in [0.5, 0.6) is 5.75 Å². The molecule has 3 aliphatic rings. The van der Waals surface area contributed by atoms with Crippen LogP contribution in [0.4, 0.5) is 5.69 Å². The van der Waals surface area contributed by atoms with Gasteiger partial charge in [0.1, 0.15) is 11.9 Å². The Morgan fingerprint density at radius 2 is 2.14 bits per heavy atom. The summed E-state index contributed by atoms with van der Waals surface area (Å²) in [4.78, 5) is 28.8. The van der Waals surface area contributed by atoms with Crippen LogP contribution in [0, 0.1) is 0 Å². The molecule has 0 radical (unpaired) electrons. The Kier molecular flexibility index (Phi) is 2.56. The lowest BCUT2D eigenvalue weighted by Crippen LogP contribution is -2.50. The minimum atomic E-state index is -0.518. The van der Waals surface area contributed by atoms with Gasteiger partial charge < -0.3 is 19.9 Å². The van der Waals surface area contributed by atoms with Gasteiger partial charge >= 0.3 is 0 Å². The highest BCUT2D eigenvalue weighted by Gasteiger charge is 2.47. The Morgan fingerprint density at radius 3 is 2.90 bits per heavy atom. The number of hydrogen-bond acceptors (Lipinski definition) is 5. The van der Waals surface area contributed by atoms with E-state index < -0.39 is 11.2 Å². The molecular weight excluding hydrogens is 272 g/mol. The maximum atomic E-state index is 12.7. The Hall–Kier alpha value is -2.02. The summed E-state index contributed by atoms with van der Waals surface area (Å²) in [5.74, 6) is -0.685. The van der Waals surface area contributed by atoms with Crippen LogP contribution in [-0.2, 0) is 6.54 Å². The predicted molar refractivity (Wildman–Crippen MR) is 76.5 cm³/mol. The number of amides is 1. The fraction of sp³-hybridized carbons (Fsp3) is 0.571. The molecule has 4 rings (SSSR count). The largest absolute Gasteiger partial charge is 0.502 e. The van der Waals surface area contributed by atoms with Gasteiger partial charge in [0.2, 0.25) is 5.43 Å². The van der Waals surface area contributed by atoms with E-state index in [1.807, 2.05) is 0 Å². The minimum Gasteiger partial charge on any atom is -0.502 e. The smallest absolute Gasteiger partial charge is 0.275 e. The van der Waals surface area contributed by atoms with Crippen molar-refractivity contribution in [2.24, 2.45) is 0 Å². The quantitative estimate of drug-likeness (QED) is 0.752. The standard InChI is InChI=1S/C14H18N4O3/c1-15-9-6-16-7-10-17-4-2-3-8(17)5-18(10)14(21)11(16)13(20)12(9)19/h6,8,10,15,20H,2-5,7H2,1H3/t8-,10+/m1/s1. The van der Waals surface area contributed by atoms with Crippen molar-refractivity contribution in [3.63, 3.8) is 0 Å². The highest BCUT2D eigenvalue weighted by molar-refractivity contribution is 5.96. The molecule has 21 heavy (non-hydrogen) atoms. The molecule has 7 nitrogen and oxygen atoms in total. The van der Waals surface area contributed by atoms with Gasteiger partial charge in [-0.05, 0) is 12.8 Å². The van der Waals surface area contributed by atoms with Gasteiger partial charge in [-0.3, -0.25) is 14.5 Å². The Labute approximate surface area is 121 Å². The van der Waals surface area contributed by atoms with E-state index in [0.717, 1.165) is 13.0 Å². The normalized spacial score (nSPS) is 27.5. The average Bonchev–Trinajstić information content (AvgIpc) is 3.04. The molecule has 4 heterocycles. The van der Waals surface area contributed by atoms with Crippen LogP contribution in [0.1, 0.15) is 23.3 Å². The fourth-order valence-corrected chi connectivity index (χ4v) is 3.90. The van der Waals surface area contributed by atoms with Gasteiger partial charge in [-0.2, -0.15) is 0 Å². The van der Waals surface area contributed by atoms with E-state index in [1.54, 1.807) is 22.7 Å². The fourth-order valence-electron chi connectivity index (χ4n) is 3.90. The summed E-state index contributed by atoms with van der Waals surface area (Å²) in [5, 5.41) is 12.9. The summed E-state index contributed by atoms with van der Waals surface area (Å²) >= 11 is 0. The third-order valence-electron chi connectivity index (χ3n) is 4.92. The molecule has 0 aliphatic carbocycles. The lowest BCUT2D eigenvalue weighted by molar-refractivity contribution is 0.0515. The van der Waals surface area contributed by atoms with E-state index in [4.69, 9.17) is 0 Å². The lowest BCUT2D eigenvalue weighted by atomic mass is 10.1. The molecule has 2 N–H and O–H groups in total. The molecule has 0 bridgehead atoms. The number of fused-ring (bicyclic) bond motifs is 4. The van der Waals surface area contributed by atoms with Gasteiger partial charge in [0.15, 0.2) is 11.4 Å². The van der Waals surface area contributed by atoms with Crippen molar-refractivity contribution < 1.29 is 9.90 Å². The Morgan fingerprint density at radius 1 is 1.33 bits per heavy atom. The molecule has 0 aromatic carbocycles. The average molecular weight is 290 g/mol. The first-order chi connectivity index (χ1) is 10.1. The number of pyridine rings is 1. The second kappa shape index (κ2) is 4.24. The first-order valence-corrected chi connectivity index (χ1v) is 7.32. The Balaban J connectivity index is 1.83. The van der Waals surface area contributed by atoms with Crippen molar-refractivity contribution in [2.75, 3.05) is 25.5 Å². The van der Waals surface area contributed by atoms with Gasteiger partial charge in [0, 0.05) is 32.4 Å². The number of aromatic nitrogens is 1. The molecular formula is C14H18N4O3. The van der Waals surface area contributed by atoms with E-state index in [0.29, 0.717) is 24.8 Å². The number of anilines is 1. The maximum absolute atomic E-state index is 12.7. The number of aromatic hydroxyl groups is 1. The number of carbonyl (C=O) groups excluding carboxylic acids is 1. The third kappa shape index (κ3) is 1.58. The summed E-state index contributed by atoms with van der Waals surface area (Å²) in [6.45, 7) is 2.31. The van der Waals surface area contributed by atoms with E-state index in [9.17, 15) is 14.7 Å². The van der Waals surface area contributed by atoms with Crippen molar-refractivity contribution in [3.8, 4) is 5.75 Å². The number of nitrogens with zero attached hydrogens (tertiary/aromatic N) is 3. The second-order valence-electron chi connectivity index (χ2n) is 5.94. The number of carbonyl (C=O) groups is 1. The molecule has 2 fully saturated rings. The zero-order valence-corrected chi connectivity index (χ0v) is 11.9. The first kappa shape index (κ1) is 12.7. The molecule has 1 amide bonds. The van der Waals surface area contributed by atoms with Crippen LogP contribution >= 0.6 is 0 Å². The number of nitrogens with one attached hydrogen (secondary N) is 1. The zero-order valence-electron chi connectivity index (χ0n) is 11.9. The van der Waals surface area contributed by atoms with E-state index in [2.05, 4.69) is 10.2 Å². The monoisotopic (exact) mass is 290 g/mol. The van der Waals surface area contributed by atoms with Gasteiger partial charge in [0.25, 0.3) is 5.91 Å². The first-order valence-electron chi connectivity index (χ1n) is 7.32. The van der Waals surface area contributed by atoms with Crippen molar-refractivity contribution >= 4 is 11.6 Å². The molecule has 2 saturated heterocycles. The van der Waals surface area contributed by atoms with Crippen LogP contribution in [0.25, 0.3) is 0 Å². The molecule has 7 heteroatoms. The summed E-state index contributed by atoms with van der Waals surface area (Å²) in [5.41, 5.74) is -0.0832. The van der Waals surface area contributed by atoms with Crippen molar-refractivity contribution in [2.45, 2.75) is 31.6 Å². The van der Waals surface area contributed by atoms with E-state index in [1.165, 1.54) is 6.42 Å².